The van der Waals surface area contributed by atoms with E-state index in [1.54, 1.807) is 19.9 Å². The number of anilines is 1. The van der Waals surface area contributed by atoms with Crippen molar-refractivity contribution in [1.82, 2.24) is 15.4 Å². The second kappa shape index (κ2) is 5.74. The van der Waals surface area contributed by atoms with Crippen LogP contribution in [0.2, 0.25) is 0 Å². The molecule has 0 fully saturated rings. The molecule has 0 aliphatic carbocycles. The molecule has 0 aliphatic heterocycles. The second-order valence-electron chi connectivity index (χ2n) is 3.92. The topological polar surface area (TPSA) is 127 Å². The van der Waals surface area contributed by atoms with Crippen molar-refractivity contribution in [2.45, 2.75) is 18.9 Å². The molecule has 0 aromatic carbocycles. The SMILES string of the molecule is Cc1cc(NC(=O)CSc2n[nH]c(C)c2[N+](=O)[O-])no1. The van der Waals surface area contributed by atoms with Gasteiger partial charge in [-0.1, -0.05) is 16.9 Å². The van der Waals surface area contributed by atoms with Crippen molar-refractivity contribution < 1.29 is 14.2 Å². The van der Waals surface area contributed by atoms with Gasteiger partial charge in [0, 0.05) is 6.07 Å². The van der Waals surface area contributed by atoms with Gasteiger partial charge in [0.2, 0.25) is 5.91 Å². The monoisotopic (exact) mass is 297 g/mol. The lowest BCUT2D eigenvalue weighted by Crippen LogP contribution is -2.14. The fraction of sp³-hybridized carbons (Fsp3) is 0.300. The van der Waals surface area contributed by atoms with Gasteiger partial charge in [-0.2, -0.15) is 5.10 Å². The number of carbonyl (C=O) groups is 1. The Labute approximate surface area is 117 Å². The molecule has 0 saturated heterocycles. The molecule has 0 radical (unpaired) electrons. The summed E-state index contributed by atoms with van der Waals surface area (Å²) in [6.45, 7) is 3.25. The Balaban J connectivity index is 1.95. The molecule has 2 aromatic rings. The first kappa shape index (κ1) is 14.1. The largest absolute Gasteiger partial charge is 0.360 e. The quantitative estimate of drug-likeness (QED) is 0.488. The molecule has 0 bridgehead atoms. The number of nitro groups is 1. The standard InChI is InChI=1S/C10H11N5O4S/c1-5-3-7(14-19-5)11-8(16)4-20-10-9(15(17)18)6(2)12-13-10/h3H,4H2,1-2H3,(H,12,13)(H,11,14,16). The van der Waals surface area contributed by atoms with Gasteiger partial charge >= 0.3 is 5.69 Å². The maximum Gasteiger partial charge on any atom is 0.323 e. The number of H-pyrrole nitrogens is 1. The van der Waals surface area contributed by atoms with E-state index in [1.807, 2.05) is 0 Å². The Morgan fingerprint density at radius 3 is 2.95 bits per heavy atom. The number of nitrogens with one attached hydrogen (secondary N) is 2. The highest BCUT2D eigenvalue weighted by atomic mass is 32.2. The van der Waals surface area contributed by atoms with Crippen LogP contribution in [0.1, 0.15) is 11.5 Å². The van der Waals surface area contributed by atoms with E-state index >= 15 is 0 Å². The molecule has 106 valence electrons. The van der Waals surface area contributed by atoms with E-state index in [-0.39, 0.29) is 22.4 Å². The fourth-order valence-electron chi connectivity index (χ4n) is 1.45. The Hall–Kier alpha value is -2.36. The summed E-state index contributed by atoms with van der Waals surface area (Å²) in [5, 5.41) is 23.5. The number of hydrogen-bond donors (Lipinski definition) is 2. The van der Waals surface area contributed by atoms with Crippen LogP contribution in [0.25, 0.3) is 0 Å². The molecule has 20 heavy (non-hydrogen) atoms. The van der Waals surface area contributed by atoms with Gasteiger partial charge in [-0.05, 0) is 13.8 Å². The zero-order valence-electron chi connectivity index (χ0n) is 10.7. The third kappa shape index (κ3) is 3.15. The maximum absolute atomic E-state index is 11.7. The summed E-state index contributed by atoms with van der Waals surface area (Å²) in [5.41, 5.74) is 0.241. The van der Waals surface area contributed by atoms with Crippen LogP contribution < -0.4 is 5.32 Å². The molecular formula is C10H11N5O4S. The predicted octanol–water partition coefficient (Wildman–Crippen LogP) is 1.65. The fourth-order valence-corrected chi connectivity index (χ4v) is 2.27. The normalized spacial score (nSPS) is 10.5. The smallest absolute Gasteiger partial charge is 0.323 e. The number of aromatic amines is 1. The van der Waals surface area contributed by atoms with Crippen LogP contribution in [0.4, 0.5) is 11.5 Å². The van der Waals surface area contributed by atoms with Gasteiger partial charge in [0.15, 0.2) is 10.8 Å². The van der Waals surface area contributed by atoms with E-state index in [1.165, 1.54) is 0 Å². The van der Waals surface area contributed by atoms with Gasteiger partial charge in [-0.3, -0.25) is 20.0 Å². The Kier molecular flexibility index (Phi) is 4.03. The van der Waals surface area contributed by atoms with Gasteiger partial charge in [0.25, 0.3) is 0 Å². The summed E-state index contributed by atoms with van der Waals surface area (Å²) < 4.78 is 4.80. The molecule has 2 rings (SSSR count). The zero-order chi connectivity index (χ0) is 14.7. The van der Waals surface area contributed by atoms with Gasteiger partial charge in [-0.25, -0.2) is 0 Å². The second-order valence-corrected chi connectivity index (χ2v) is 4.88. The number of thioether (sulfide) groups is 1. The summed E-state index contributed by atoms with van der Waals surface area (Å²) in [6.07, 6.45) is 0. The molecule has 0 aliphatic rings. The number of hydrogen-bond acceptors (Lipinski definition) is 7. The van der Waals surface area contributed by atoms with E-state index < -0.39 is 4.92 Å². The van der Waals surface area contributed by atoms with Crippen molar-refractivity contribution in [2.75, 3.05) is 11.1 Å². The Bertz CT molecular complexity index is 650. The number of aromatic nitrogens is 3. The summed E-state index contributed by atoms with van der Waals surface area (Å²) in [7, 11) is 0. The minimum Gasteiger partial charge on any atom is -0.360 e. The molecule has 0 unspecified atom stereocenters. The maximum atomic E-state index is 11.7. The number of rotatable bonds is 5. The highest BCUT2D eigenvalue weighted by Gasteiger charge is 2.22. The first-order valence-corrected chi connectivity index (χ1v) is 6.51. The van der Waals surface area contributed by atoms with Crippen molar-refractivity contribution >= 4 is 29.2 Å². The van der Waals surface area contributed by atoms with Crippen LogP contribution in [-0.4, -0.2) is 31.9 Å². The average molecular weight is 297 g/mol. The summed E-state index contributed by atoms with van der Waals surface area (Å²) in [5.74, 6) is 0.516. The molecule has 0 atom stereocenters. The van der Waals surface area contributed by atoms with Crippen molar-refractivity contribution in [3.63, 3.8) is 0 Å². The van der Waals surface area contributed by atoms with Crippen LogP contribution in [0.15, 0.2) is 15.6 Å². The van der Waals surface area contributed by atoms with E-state index in [0.29, 0.717) is 17.3 Å². The van der Waals surface area contributed by atoms with E-state index in [4.69, 9.17) is 4.52 Å². The van der Waals surface area contributed by atoms with Crippen LogP contribution in [-0.2, 0) is 4.79 Å². The van der Waals surface area contributed by atoms with Crippen molar-refractivity contribution in [1.29, 1.82) is 0 Å². The van der Waals surface area contributed by atoms with Crippen molar-refractivity contribution in [3.8, 4) is 0 Å². The number of amides is 1. The lowest BCUT2D eigenvalue weighted by atomic mass is 10.4. The lowest BCUT2D eigenvalue weighted by Gasteiger charge is -1.99. The van der Waals surface area contributed by atoms with E-state index in [0.717, 1.165) is 11.8 Å². The zero-order valence-corrected chi connectivity index (χ0v) is 11.5. The Morgan fingerprint density at radius 2 is 2.35 bits per heavy atom. The minimum atomic E-state index is -0.528. The third-order valence-corrected chi connectivity index (χ3v) is 3.27. The summed E-state index contributed by atoms with van der Waals surface area (Å²) in [6, 6.07) is 1.57. The van der Waals surface area contributed by atoms with Crippen LogP contribution >= 0.6 is 11.8 Å². The first-order valence-electron chi connectivity index (χ1n) is 5.52. The summed E-state index contributed by atoms with van der Waals surface area (Å²) >= 11 is 0.976. The molecule has 2 aromatic heterocycles. The number of nitrogens with zero attached hydrogens (tertiary/aromatic N) is 3. The molecule has 0 spiro atoms. The van der Waals surface area contributed by atoms with Crippen molar-refractivity contribution in [3.05, 3.63) is 27.6 Å². The summed E-state index contributed by atoms with van der Waals surface area (Å²) in [4.78, 5) is 22.0. The average Bonchev–Trinajstić information content (AvgIpc) is 2.93. The van der Waals surface area contributed by atoms with E-state index in [2.05, 4.69) is 20.7 Å². The van der Waals surface area contributed by atoms with Gasteiger partial charge < -0.3 is 9.84 Å². The molecule has 2 N–H and O–H groups in total. The number of carbonyl (C=O) groups excluding carboxylic acids is 1. The van der Waals surface area contributed by atoms with Gasteiger partial charge in [-0.15, -0.1) is 0 Å². The Morgan fingerprint density at radius 1 is 1.60 bits per heavy atom. The van der Waals surface area contributed by atoms with Crippen LogP contribution in [0, 0.1) is 24.0 Å². The van der Waals surface area contributed by atoms with Crippen LogP contribution in [0.3, 0.4) is 0 Å². The van der Waals surface area contributed by atoms with E-state index in [9.17, 15) is 14.9 Å². The number of aryl methyl sites for hydroxylation is 2. The first-order chi connectivity index (χ1) is 9.47. The molecule has 9 nitrogen and oxygen atoms in total. The molecule has 10 heteroatoms. The molecule has 2 heterocycles. The molecule has 1 amide bonds. The molecule has 0 saturated carbocycles. The third-order valence-electron chi connectivity index (χ3n) is 2.30. The minimum absolute atomic E-state index is 0.0168. The highest BCUT2D eigenvalue weighted by molar-refractivity contribution is 8.00. The van der Waals surface area contributed by atoms with Gasteiger partial charge in [0.1, 0.15) is 11.5 Å². The van der Waals surface area contributed by atoms with Gasteiger partial charge in [0.05, 0.1) is 10.7 Å². The predicted molar refractivity (Wildman–Crippen MR) is 70.6 cm³/mol. The van der Waals surface area contributed by atoms with Crippen molar-refractivity contribution in [2.24, 2.45) is 0 Å². The van der Waals surface area contributed by atoms with Crippen LogP contribution in [0.5, 0.6) is 0 Å². The molecular weight excluding hydrogens is 286 g/mol. The lowest BCUT2D eigenvalue weighted by molar-refractivity contribution is -0.388. The highest BCUT2D eigenvalue weighted by Crippen LogP contribution is 2.29.